The number of thioether (sulfide) groups is 1. The van der Waals surface area contributed by atoms with Gasteiger partial charge in [0.25, 0.3) is 0 Å². The first-order chi connectivity index (χ1) is 12.3. The van der Waals surface area contributed by atoms with Gasteiger partial charge in [0.1, 0.15) is 0 Å². The third-order valence-corrected chi connectivity index (χ3v) is 5.70. The van der Waals surface area contributed by atoms with Gasteiger partial charge in [-0.15, -0.1) is 0 Å². The second-order valence-electron chi connectivity index (χ2n) is 6.72. The summed E-state index contributed by atoms with van der Waals surface area (Å²) in [7, 11) is 2.22. The quantitative estimate of drug-likeness (QED) is 0.427. The minimum Gasteiger partial charge on any atom is -0.297 e. The molecule has 1 saturated heterocycles. The van der Waals surface area contributed by atoms with Crippen molar-refractivity contribution in [2.45, 2.75) is 37.5 Å². The van der Waals surface area contributed by atoms with Gasteiger partial charge in [0.15, 0.2) is 5.16 Å². The Labute approximate surface area is 155 Å². The van der Waals surface area contributed by atoms with Crippen LogP contribution < -0.4 is 0 Å². The molecule has 0 aliphatic carbocycles. The number of hydrogen-bond acceptors (Lipinski definition) is 5. The largest absolute Gasteiger partial charge is 0.297 e. The van der Waals surface area contributed by atoms with Gasteiger partial charge in [0.2, 0.25) is 0 Å². The van der Waals surface area contributed by atoms with Gasteiger partial charge in [-0.25, -0.2) is 9.97 Å². The van der Waals surface area contributed by atoms with Crippen LogP contribution in [0.4, 0.5) is 0 Å². The predicted octanol–water partition coefficient (Wildman–Crippen LogP) is 3.86. The third kappa shape index (κ3) is 5.27. The third-order valence-electron chi connectivity index (χ3n) is 4.73. The Kier molecular flexibility index (Phi) is 6.84. The Morgan fingerprint density at radius 2 is 1.88 bits per heavy atom. The van der Waals surface area contributed by atoms with Gasteiger partial charge in [-0.05, 0) is 19.0 Å². The maximum absolute atomic E-state index is 4.52. The van der Waals surface area contributed by atoms with Crippen molar-refractivity contribution in [1.29, 1.82) is 0 Å². The van der Waals surface area contributed by atoms with Crippen LogP contribution in [0.2, 0.25) is 0 Å². The molecule has 1 aliphatic rings. The van der Waals surface area contributed by atoms with Gasteiger partial charge in [0.05, 0.1) is 0 Å². The van der Waals surface area contributed by atoms with E-state index in [0.717, 1.165) is 37.1 Å². The summed E-state index contributed by atoms with van der Waals surface area (Å²) < 4.78 is 0. The van der Waals surface area contributed by atoms with Gasteiger partial charge in [-0.2, -0.15) is 0 Å². The summed E-state index contributed by atoms with van der Waals surface area (Å²) in [6.07, 6.45) is 6.43. The molecule has 134 valence electrons. The summed E-state index contributed by atoms with van der Waals surface area (Å²) in [5, 5.41) is 0.901. The first-order valence-electron chi connectivity index (χ1n) is 9.17. The Hall–Kier alpha value is -1.43. The molecule has 2 aromatic rings. The van der Waals surface area contributed by atoms with Crippen LogP contribution in [0.15, 0.2) is 47.9 Å². The lowest BCUT2D eigenvalue weighted by Gasteiger charge is -2.39. The number of unbranched alkanes of at least 4 members (excludes halogenated alkanes) is 1. The first-order valence-corrected chi connectivity index (χ1v) is 10.2. The lowest BCUT2D eigenvalue weighted by atomic mass is 10.0. The highest BCUT2D eigenvalue weighted by Crippen LogP contribution is 2.24. The molecule has 1 aliphatic heterocycles. The van der Waals surface area contributed by atoms with Crippen molar-refractivity contribution in [3.05, 3.63) is 53.9 Å². The molecule has 3 rings (SSSR count). The molecule has 0 bridgehead atoms. The van der Waals surface area contributed by atoms with Crippen molar-refractivity contribution >= 4 is 11.8 Å². The fourth-order valence-electron chi connectivity index (χ4n) is 3.17. The van der Waals surface area contributed by atoms with Gasteiger partial charge in [-0.3, -0.25) is 9.80 Å². The lowest BCUT2D eigenvalue weighted by Crippen LogP contribution is -2.46. The first kappa shape index (κ1) is 18.4. The zero-order chi connectivity index (χ0) is 17.5. The molecule has 1 aromatic carbocycles. The minimum atomic E-state index is 0.458. The van der Waals surface area contributed by atoms with E-state index in [1.54, 1.807) is 11.8 Å². The van der Waals surface area contributed by atoms with E-state index in [-0.39, 0.29) is 0 Å². The highest BCUT2D eigenvalue weighted by Gasteiger charge is 2.25. The van der Waals surface area contributed by atoms with Crippen molar-refractivity contribution < 1.29 is 0 Å². The zero-order valence-corrected chi connectivity index (χ0v) is 16.1. The second kappa shape index (κ2) is 9.32. The lowest BCUT2D eigenvalue weighted by molar-refractivity contribution is 0.0903. The Bertz CT molecular complexity index is 632. The number of nitrogens with zero attached hydrogens (tertiary/aromatic N) is 4. The topological polar surface area (TPSA) is 32.3 Å². The molecule has 4 nitrogen and oxygen atoms in total. The molecule has 1 aromatic heterocycles. The summed E-state index contributed by atoms with van der Waals surface area (Å²) in [5.74, 6) is 1.10. The number of benzene rings is 1. The molecule has 0 N–H and O–H groups in total. The van der Waals surface area contributed by atoms with E-state index in [2.05, 4.69) is 64.1 Å². The predicted molar refractivity (Wildman–Crippen MR) is 105 cm³/mol. The fraction of sp³-hybridized carbons (Fsp3) is 0.500. The van der Waals surface area contributed by atoms with Crippen molar-refractivity contribution in [3.63, 3.8) is 0 Å². The maximum Gasteiger partial charge on any atom is 0.187 e. The van der Waals surface area contributed by atoms with Gasteiger partial charge < -0.3 is 0 Å². The normalized spacial score (nSPS) is 19.2. The van der Waals surface area contributed by atoms with E-state index in [0.29, 0.717) is 6.04 Å². The summed E-state index contributed by atoms with van der Waals surface area (Å²) in [4.78, 5) is 14.0. The van der Waals surface area contributed by atoms with Crippen LogP contribution in [0.25, 0.3) is 0 Å². The second-order valence-corrected chi connectivity index (χ2v) is 7.78. The Balaban J connectivity index is 1.57. The highest BCUT2D eigenvalue weighted by atomic mass is 32.2. The van der Waals surface area contributed by atoms with Crippen LogP contribution in [0.1, 0.15) is 36.9 Å². The Morgan fingerprint density at radius 3 is 2.60 bits per heavy atom. The van der Waals surface area contributed by atoms with E-state index >= 15 is 0 Å². The van der Waals surface area contributed by atoms with Gasteiger partial charge in [0, 0.05) is 55.9 Å². The van der Waals surface area contributed by atoms with E-state index in [1.807, 2.05) is 12.4 Å². The number of hydrogen-bond donors (Lipinski definition) is 0. The van der Waals surface area contributed by atoms with Crippen molar-refractivity contribution in [3.8, 4) is 0 Å². The number of aromatic nitrogens is 2. The summed E-state index contributed by atoms with van der Waals surface area (Å²) in [5.41, 5.74) is 2.60. The molecule has 0 saturated carbocycles. The van der Waals surface area contributed by atoms with Crippen LogP contribution in [-0.4, -0.2) is 52.2 Å². The minimum absolute atomic E-state index is 0.458. The number of likely N-dealkylation sites (N-methyl/N-ethyl adjacent to an activating group) is 1. The van der Waals surface area contributed by atoms with Crippen LogP contribution >= 0.6 is 11.8 Å². The highest BCUT2D eigenvalue weighted by molar-refractivity contribution is 7.99. The molecule has 5 heteroatoms. The molecule has 1 atom stereocenters. The smallest absolute Gasteiger partial charge is 0.187 e. The van der Waals surface area contributed by atoms with Crippen molar-refractivity contribution in [2.75, 3.05) is 32.4 Å². The molecule has 0 amide bonds. The average Bonchev–Trinajstić information content (AvgIpc) is 2.66. The molecule has 2 heterocycles. The van der Waals surface area contributed by atoms with Crippen LogP contribution in [0.5, 0.6) is 0 Å². The average molecular weight is 357 g/mol. The van der Waals surface area contributed by atoms with E-state index in [4.69, 9.17) is 0 Å². The van der Waals surface area contributed by atoms with Gasteiger partial charge in [-0.1, -0.05) is 55.4 Å². The van der Waals surface area contributed by atoms with E-state index in [9.17, 15) is 0 Å². The van der Waals surface area contributed by atoms with E-state index < -0.39 is 0 Å². The van der Waals surface area contributed by atoms with Crippen LogP contribution in [-0.2, 0) is 6.54 Å². The molecule has 0 unspecified atom stereocenters. The van der Waals surface area contributed by atoms with Crippen molar-refractivity contribution in [2.24, 2.45) is 0 Å². The molecule has 1 fully saturated rings. The zero-order valence-electron chi connectivity index (χ0n) is 15.3. The molecule has 25 heavy (non-hydrogen) atoms. The number of piperazine rings is 1. The van der Waals surface area contributed by atoms with E-state index in [1.165, 1.54) is 24.0 Å². The molecular weight excluding hydrogens is 328 g/mol. The van der Waals surface area contributed by atoms with Crippen LogP contribution in [0, 0.1) is 0 Å². The molecule has 0 radical (unpaired) electrons. The maximum atomic E-state index is 4.52. The SMILES string of the molecule is CCCCSc1ncc(CN2CCN(C)[C@@H](c3ccccc3)C2)cn1. The summed E-state index contributed by atoms with van der Waals surface area (Å²) >= 11 is 1.76. The van der Waals surface area contributed by atoms with Gasteiger partial charge >= 0.3 is 0 Å². The molecule has 0 spiro atoms. The monoisotopic (exact) mass is 356 g/mol. The summed E-state index contributed by atoms with van der Waals surface area (Å²) in [6, 6.07) is 11.3. The van der Waals surface area contributed by atoms with Crippen molar-refractivity contribution in [1.82, 2.24) is 19.8 Å². The summed E-state index contributed by atoms with van der Waals surface area (Å²) in [6.45, 7) is 6.37. The number of rotatable bonds is 7. The standard InChI is InChI=1S/C20H28N4S/c1-3-4-12-25-20-21-13-17(14-22-20)15-24-11-10-23(2)19(16-24)18-8-6-5-7-9-18/h5-9,13-14,19H,3-4,10-12,15-16H2,1-2H3/t19-/m1/s1. The Morgan fingerprint density at radius 1 is 1.12 bits per heavy atom. The molecular formula is C20H28N4S. The fourth-order valence-corrected chi connectivity index (χ4v) is 4.04. The van der Waals surface area contributed by atoms with Crippen LogP contribution in [0.3, 0.4) is 0 Å².